The zero-order valence-electron chi connectivity index (χ0n) is 71.5. The second-order valence-corrected chi connectivity index (χ2v) is 29.5. The number of esters is 12. The molecule has 44 heteroatoms. The Morgan fingerprint density at radius 1 is 0.305 bits per heavy atom. The van der Waals surface area contributed by atoms with Crippen LogP contribution in [0.1, 0.15) is 125 Å². The van der Waals surface area contributed by atoms with Gasteiger partial charge in [0.15, 0.2) is 73.8 Å². The molecule has 44 nitrogen and oxygen atoms in total. The highest BCUT2D eigenvalue weighted by molar-refractivity contribution is 5.95. The predicted octanol–water partition coefficient (Wildman–Crippen LogP) is -0.982. The van der Waals surface area contributed by atoms with E-state index < -0.39 is 295 Å². The third kappa shape index (κ3) is 30.7. The van der Waals surface area contributed by atoms with E-state index in [-0.39, 0.29) is 22.3 Å². The number of hydrogen-bond acceptors (Lipinski definition) is 37. The van der Waals surface area contributed by atoms with E-state index in [1.54, 1.807) is 76.2 Å². The van der Waals surface area contributed by atoms with Crippen LogP contribution in [-0.2, 0) is 157 Å². The van der Waals surface area contributed by atoms with E-state index in [4.69, 9.17) is 85.3 Å². The first-order valence-corrected chi connectivity index (χ1v) is 39.8. The Kier molecular flexibility index (Phi) is 37.3. The average molecular weight is 1800 g/mol. The summed E-state index contributed by atoms with van der Waals surface area (Å²) in [5.41, 5.74) is 2.83. The second kappa shape index (κ2) is 47.8. The van der Waals surface area contributed by atoms with E-state index in [0.717, 1.165) is 72.1 Å². The van der Waals surface area contributed by atoms with E-state index in [0.29, 0.717) is 5.56 Å². The number of amides is 7. The molecule has 8 rings (SSSR count). The summed E-state index contributed by atoms with van der Waals surface area (Å²) in [6.45, 7) is 5.39. The summed E-state index contributed by atoms with van der Waals surface area (Å²) in [6.07, 6.45) is -28.1. The summed E-state index contributed by atoms with van der Waals surface area (Å²) in [5, 5.41) is 16.6. The number of carbonyl (C=O) groups is 19. The zero-order chi connectivity index (χ0) is 93.8. The summed E-state index contributed by atoms with van der Waals surface area (Å²) in [7, 11) is 0. The van der Waals surface area contributed by atoms with E-state index in [1.807, 2.05) is 0 Å². The number of hydrogen-bond donors (Lipinski definition) is 7. The molecular weight excluding hydrogens is 1700 g/mol. The van der Waals surface area contributed by atoms with Crippen molar-refractivity contribution in [3.05, 3.63) is 142 Å². The Balaban J connectivity index is 1.11. The lowest BCUT2D eigenvalue weighted by Gasteiger charge is -2.44. The first kappa shape index (κ1) is 100.0. The molecule has 4 aliphatic heterocycles. The van der Waals surface area contributed by atoms with Crippen LogP contribution in [-0.4, -0.2) is 289 Å². The quantitative estimate of drug-likeness (QED) is 0.0235. The number of carbonyl (C=O) groups excluding carboxylic acids is 19. The van der Waals surface area contributed by atoms with Crippen molar-refractivity contribution < 1.29 is 176 Å². The van der Waals surface area contributed by atoms with E-state index in [2.05, 4.69) is 37.2 Å². The van der Waals surface area contributed by atoms with Gasteiger partial charge in [0, 0.05) is 88.0 Å². The van der Waals surface area contributed by atoms with Crippen molar-refractivity contribution in [3.8, 4) is 0 Å². The number of benzene rings is 4. The fraction of sp³-hybridized carbons (Fsp3) is 0.488. The molecular formula is C84H99N7O37. The largest absolute Gasteiger partial charge is 0.463 e. The van der Waals surface area contributed by atoms with Gasteiger partial charge in [-0.3, -0.25) is 71.9 Å². The molecule has 4 fully saturated rings. The van der Waals surface area contributed by atoms with Crippen molar-refractivity contribution in [1.82, 2.24) is 37.2 Å². The van der Waals surface area contributed by atoms with Crippen molar-refractivity contribution in [2.75, 3.05) is 65.8 Å². The van der Waals surface area contributed by atoms with Gasteiger partial charge in [-0.15, -0.1) is 0 Å². The highest BCUT2D eigenvalue weighted by atomic mass is 16.8. The molecule has 0 radical (unpaired) electrons. The molecule has 0 aromatic heterocycles. The minimum absolute atomic E-state index is 0.0304. The van der Waals surface area contributed by atoms with Gasteiger partial charge in [0.1, 0.15) is 76.1 Å². The van der Waals surface area contributed by atoms with Gasteiger partial charge in [0.05, 0.1) is 22.3 Å². The van der Waals surface area contributed by atoms with Crippen molar-refractivity contribution >= 4 is 113 Å². The van der Waals surface area contributed by atoms with Crippen molar-refractivity contribution in [3.63, 3.8) is 0 Å². The molecule has 4 aliphatic rings. The average Bonchev–Trinajstić information content (AvgIpc) is 0.794. The molecule has 4 heterocycles. The summed E-state index contributed by atoms with van der Waals surface area (Å²) in [5.74, 6) is -20.4. The molecule has 692 valence electrons. The Labute approximate surface area is 730 Å². The molecule has 128 heavy (non-hydrogen) atoms. The van der Waals surface area contributed by atoms with E-state index in [9.17, 15) is 91.1 Å². The van der Waals surface area contributed by atoms with Crippen molar-refractivity contribution in [2.45, 2.75) is 200 Å². The summed E-state index contributed by atoms with van der Waals surface area (Å²) >= 11 is 0. The molecule has 0 aliphatic carbocycles. The van der Waals surface area contributed by atoms with Crippen LogP contribution in [0.15, 0.2) is 97.1 Å². The van der Waals surface area contributed by atoms with Crippen LogP contribution >= 0.6 is 0 Å². The van der Waals surface area contributed by atoms with Gasteiger partial charge >= 0.3 is 71.6 Å². The van der Waals surface area contributed by atoms with E-state index >= 15 is 0 Å². The fourth-order valence-corrected chi connectivity index (χ4v) is 13.0. The Hall–Kier alpha value is -13.4. The molecule has 18 atom stereocenters. The number of ether oxygens (including phenoxy) is 18. The second-order valence-electron chi connectivity index (χ2n) is 29.5. The Morgan fingerprint density at radius 2 is 0.555 bits per heavy atom. The molecule has 7 N–H and O–H groups in total. The smallest absolute Gasteiger partial charge is 0.338 e. The van der Waals surface area contributed by atoms with Crippen LogP contribution in [0.25, 0.3) is 0 Å². The monoisotopic (exact) mass is 1800 g/mol. The lowest BCUT2D eigenvalue weighted by atomic mass is 9.97. The molecule has 0 spiro atoms. The van der Waals surface area contributed by atoms with Crippen LogP contribution in [0.5, 0.6) is 0 Å². The van der Waals surface area contributed by atoms with Crippen LogP contribution in [0, 0.1) is 27.7 Å². The zero-order valence-corrected chi connectivity index (χ0v) is 71.5. The van der Waals surface area contributed by atoms with Crippen LogP contribution in [0.2, 0.25) is 0 Å². The van der Waals surface area contributed by atoms with Crippen LogP contribution in [0.3, 0.4) is 0 Å². The summed E-state index contributed by atoms with van der Waals surface area (Å²) in [6, 6.07) is 18.3. The third-order valence-electron chi connectivity index (χ3n) is 19.0. The minimum Gasteiger partial charge on any atom is -0.463 e. The van der Waals surface area contributed by atoms with Gasteiger partial charge in [-0.1, -0.05) is 70.8 Å². The molecule has 0 unspecified atom stereocenters. The molecule has 7 amide bonds. The topological polar surface area (TPSA) is 575 Å². The standard InChI is InChI=1S/C84H99N7O37/c1-40-13-21-52(22-14-40)78(107)113-36-61-68(126-79(108)53-23-15-41(2)16-24-53)71(127-80(109)54-25-17-42(3)18-26-54)74(128-81(110)55-27-19-43(4)20-28-55)84(125-61)116-39-64(102)90-57-32-87-77(106)58(91-65(103)38-115-83-73(122-51(12)99)70(120-49(10)97)67(118-47(8)95)60(124-83)35-112-45(6)93)33-88-76(105)56(31-86-62(100)29-30-85-75(57)104)89-63(101)37-114-82-72(121-50(11)98)69(119-48(9)96)66(117-46(7)94)59(123-82)34-111-44(5)92/h13-28,56-61,66-74,82-84H,29-39H2,1-12H3,(H,85,104)(H,86,100)(H,87,106)(H,88,105)(H,89,101)(H,90,102)(H,91,103)/t56-,57-,58-,59+,60+,61+,66-,67+,68+,69-,70-,71-,72+,73-,74+,82+,83-,84+/m0/s1. The van der Waals surface area contributed by atoms with Crippen LogP contribution in [0.4, 0.5) is 0 Å². The van der Waals surface area contributed by atoms with Crippen molar-refractivity contribution in [2.24, 2.45) is 0 Å². The SMILES string of the molecule is CC(=O)OC[C@H]1O[C@@H](OCC(=O)N[C@H]2CNC(=O)CCNC(=O)[C@@H](NC(=O)CO[C@@H]3O[C@H](COC(=O)c4ccc(C)cc4)[C@@H](OC(=O)c4ccc(C)cc4)[C@H](OC(=O)c4ccc(C)cc4)[C@H]3OC(=O)c3ccc(C)cc3)CNC(=O)[C@@H](NC(=O)CO[C@H]3O[C@H](COC(C)=O)[C@@H](OC(C)=O)[C@H](OC(C)=O)[C@@H]3OC(C)=O)CNC2=O)[C@H](OC(C)=O)[C@@H](OC(C)=O)[C@H]1OC(C)=O. The fourth-order valence-electron chi connectivity index (χ4n) is 13.0. The lowest BCUT2D eigenvalue weighted by molar-refractivity contribution is -0.306. The predicted molar refractivity (Wildman–Crippen MR) is 425 cm³/mol. The van der Waals surface area contributed by atoms with Gasteiger partial charge in [0.25, 0.3) is 0 Å². The molecule has 4 aromatic rings. The first-order chi connectivity index (χ1) is 60.7. The van der Waals surface area contributed by atoms with Gasteiger partial charge in [-0.25, -0.2) is 19.2 Å². The minimum atomic E-state index is -2.11. The number of rotatable bonds is 31. The normalized spacial score (nSPS) is 24.9. The van der Waals surface area contributed by atoms with E-state index in [1.165, 1.54) is 48.5 Å². The maximum atomic E-state index is 14.9. The maximum absolute atomic E-state index is 14.9. The summed E-state index contributed by atoms with van der Waals surface area (Å²) < 4.78 is 103. The number of aryl methyl sites for hydroxylation is 4. The van der Waals surface area contributed by atoms with Gasteiger partial charge in [-0.2, -0.15) is 0 Å². The summed E-state index contributed by atoms with van der Waals surface area (Å²) in [4.78, 5) is 257. The highest BCUT2D eigenvalue weighted by Crippen LogP contribution is 2.35. The number of nitrogens with one attached hydrogen (secondary N) is 7. The third-order valence-corrected chi connectivity index (χ3v) is 19.0. The Morgan fingerprint density at radius 3 is 0.875 bits per heavy atom. The van der Waals surface area contributed by atoms with Crippen molar-refractivity contribution in [1.29, 1.82) is 0 Å². The van der Waals surface area contributed by atoms with Gasteiger partial charge in [-0.05, 0) is 76.2 Å². The highest BCUT2D eigenvalue weighted by Gasteiger charge is 2.57. The molecule has 0 saturated carbocycles. The molecule has 4 saturated heterocycles. The van der Waals surface area contributed by atoms with Gasteiger partial charge in [0.2, 0.25) is 41.4 Å². The first-order valence-electron chi connectivity index (χ1n) is 39.8. The molecule has 0 bridgehead atoms. The van der Waals surface area contributed by atoms with Gasteiger partial charge < -0.3 is 122 Å². The maximum Gasteiger partial charge on any atom is 0.338 e. The molecule has 4 aromatic carbocycles. The Bertz CT molecular complexity index is 4700. The lowest BCUT2D eigenvalue weighted by Crippen LogP contribution is -2.63. The van der Waals surface area contributed by atoms with Crippen LogP contribution < -0.4 is 37.2 Å².